The van der Waals surface area contributed by atoms with Crippen molar-refractivity contribution in [2.75, 3.05) is 26.0 Å². The molecule has 0 spiro atoms. The van der Waals surface area contributed by atoms with Gasteiger partial charge in [0.1, 0.15) is 6.54 Å². The number of anilines is 1. The van der Waals surface area contributed by atoms with E-state index in [4.69, 9.17) is 0 Å². The fourth-order valence-corrected chi connectivity index (χ4v) is 2.61. The van der Waals surface area contributed by atoms with Gasteiger partial charge in [0.25, 0.3) is 11.8 Å². The Kier molecular flexibility index (Phi) is 6.52. The van der Waals surface area contributed by atoms with E-state index >= 15 is 0 Å². The fraction of sp³-hybridized carbons (Fsp3) is 0.222. The van der Waals surface area contributed by atoms with Crippen molar-refractivity contribution >= 4 is 33.4 Å². The van der Waals surface area contributed by atoms with Gasteiger partial charge in [0, 0.05) is 28.3 Å². The van der Waals surface area contributed by atoms with E-state index in [2.05, 4.69) is 26.6 Å². The minimum atomic E-state index is -0.101. The van der Waals surface area contributed by atoms with Gasteiger partial charge >= 0.3 is 0 Å². The van der Waals surface area contributed by atoms with Crippen LogP contribution in [0.15, 0.2) is 53.0 Å². The van der Waals surface area contributed by atoms with Crippen molar-refractivity contribution in [1.29, 1.82) is 0 Å². The number of carbonyl (C=O) groups excluding carboxylic acids is 2. The second-order valence-electron chi connectivity index (χ2n) is 5.64. The predicted octanol–water partition coefficient (Wildman–Crippen LogP) is 1.46. The van der Waals surface area contributed by atoms with Crippen LogP contribution in [0, 0.1) is 0 Å². The number of hydrogen-bond donors (Lipinski definition) is 3. The summed E-state index contributed by atoms with van der Waals surface area (Å²) >= 11 is 3.37. The Morgan fingerprint density at radius 1 is 1.04 bits per heavy atom. The molecule has 126 valence electrons. The third-order valence-electron chi connectivity index (χ3n) is 3.54. The molecule has 0 radical (unpaired) electrons. The van der Waals surface area contributed by atoms with E-state index in [-0.39, 0.29) is 11.8 Å². The Bertz CT molecular complexity index is 699. The minimum absolute atomic E-state index is 0.0307. The molecule has 24 heavy (non-hydrogen) atoms. The highest BCUT2D eigenvalue weighted by molar-refractivity contribution is 9.10. The maximum Gasteiger partial charge on any atom is 0.279 e. The lowest BCUT2D eigenvalue weighted by Gasteiger charge is -2.14. The lowest BCUT2D eigenvalue weighted by Crippen LogP contribution is -3.08. The molecule has 0 saturated heterocycles. The average Bonchev–Trinajstić information content (AvgIpc) is 2.56. The average molecular weight is 391 g/mol. The molecule has 0 fully saturated rings. The summed E-state index contributed by atoms with van der Waals surface area (Å²) in [6.45, 7) is 1.08. The number of benzene rings is 2. The van der Waals surface area contributed by atoms with Gasteiger partial charge in [-0.3, -0.25) is 9.59 Å². The summed E-state index contributed by atoms with van der Waals surface area (Å²) in [6, 6.07) is 14.9. The molecule has 0 heterocycles. The van der Waals surface area contributed by atoms with Gasteiger partial charge in [0.2, 0.25) is 0 Å². The van der Waals surface area contributed by atoms with Gasteiger partial charge in [-0.2, -0.15) is 0 Å². The van der Waals surface area contributed by atoms with Gasteiger partial charge in [-0.15, -0.1) is 0 Å². The molecular weight excluding hydrogens is 370 g/mol. The van der Waals surface area contributed by atoms with Crippen LogP contribution in [0.3, 0.4) is 0 Å². The summed E-state index contributed by atoms with van der Waals surface area (Å²) in [4.78, 5) is 24.7. The monoisotopic (exact) mass is 390 g/mol. The van der Waals surface area contributed by atoms with E-state index in [0.29, 0.717) is 18.7 Å². The van der Waals surface area contributed by atoms with Gasteiger partial charge in [-0.05, 0) is 36.4 Å². The Hall–Kier alpha value is -2.18. The number of rotatable bonds is 6. The summed E-state index contributed by atoms with van der Waals surface area (Å²) in [5, 5.41) is 5.48. The molecule has 2 aromatic rings. The Labute approximate surface area is 150 Å². The normalized spacial score (nSPS) is 11.6. The van der Waals surface area contributed by atoms with Crippen LogP contribution in [0.1, 0.15) is 15.9 Å². The predicted molar refractivity (Wildman–Crippen MR) is 98.1 cm³/mol. The molecule has 0 bridgehead atoms. The standard InChI is InChI=1S/C18H20BrN3O2/c1-20-18(24)14-5-3-13(4-6-14)11-22(2)12-17(23)21-16-9-7-15(19)8-10-16/h3-10H,11-12H2,1-2H3,(H,20,24)(H,21,23)/p+1. The summed E-state index contributed by atoms with van der Waals surface area (Å²) in [6.07, 6.45) is 0. The van der Waals surface area contributed by atoms with Gasteiger partial charge in [-0.25, -0.2) is 0 Å². The molecule has 0 aliphatic rings. The molecule has 6 heteroatoms. The first kappa shape index (κ1) is 18.2. The first-order chi connectivity index (χ1) is 11.5. The van der Waals surface area contributed by atoms with Gasteiger partial charge in [0.15, 0.2) is 6.54 Å². The maximum absolute atomic E-state index is 12.1. The van der Waals surface area contributed by atoms with E-state index in [9.17, 15) is 9.59 Å². The smallest absolute Gasteiger partial charge is 0.279 e. The van der Waals surface area contributed by atoms with Gasteiger partial charge < -0.3 is 15.5 Å². The summed E-state index contributed by atoms with van der Waals surface area (Å²) < 4.78 is 0.975. The number of amides is 2. The van der Waals surface area contributed by atoms with Crippen LogP contribution in [-0.2, 0) is 11.3 Å². The zero-order valence-corrected chi connectivity index (χ0v) is 15.3. The van der Waals surface area contributed by atoms with Crippen LogP contribution in [-0.4, -0.2) is 32.5 Å². The van der Waals surface area contributed by atoms with Crippen molar-refractivity contribution < 1.29 is 14.5 Å². The van der Waals surface area contributed by atoms with Crippen molar-refractivity contribution in [3.63, 3.8) is 0 Å². The van der Waals surface area contributed by atoms with Crippen LogP contribution in [0.4, 0.5) is 5.69 Å². The molecule has 1 atom stereocenters. The van der Waals surface area contributed by atoms with Crippen LogP contribution >= 0.6 is 15.9 Å². The van der Waals surface area contributed by atoms with E-state index in [1.807, 2.05) is 43.4 Å². The Morgan fingerprint density at radius 2 is 1.67 bits per heavy atom. The fourth-order valence-electron chi connectivity index (χ4n) is 2.34. The third-order valence-corrected chi connectivity index (χ3v) is 4.07. The number of carbonyl (C=O) groups is 2. The summed E-state index contributed by atoms with van der Waals surface area (Å²) in [5.41, 5.74) is 2.49. The molecule has 2 aromatic carbocycles. The molecule has 0 aromatic heterocycles. The second kappa shape index (κ2) is 8.61. The molecule has 3 N–H and O–H groups in total. The Morgan fingerprint density at radius 3 is 2.25 bits per heavy atom. The van der Waals surface area contributed by atoms with Crippen molar-refractivity contribution in [3.05, 3.63) is 64.1 Å². The van der Waals surface area contributed by atoms with Crippen LogP contribution in [0.25, 0.3) is 0 Å². The number of halogens is 1. The van der Waals surface area contributed by atoms with Crippen molar-refractivity contribution in [2.45, 2.75) is 6.54 Å². The van der Waals surface area contributed by atoms with Crippen molar-refractivity contribution in [1.82, 2.24) is 5.32 Å². The zero-order chi connectivity index (χ0) is 17.5. The molecule has 5 nitrogen and oxygen atoms in total. The number of likely N-dealkylation sites (N-methyl/N-ethyl adjacent to an activating group) is 1. The quantitative estimate of drug-likeness (QED) is 0.699. The van der Waals surface area contributed by atoms with E-state index in [1.165, 1.54) is 0 Å². The first-order valence-electron chi connectivity index (χ1n) is 7.65. The van der Waals surface area contributed by atoms with Crippen molar-refractivity contribution in [2.24, 2.45) is 0 Å². The van der Waals surface area contributed by atoms with Crippen molar-refractivity contribution in [3.8, 4) is 0 Å². The highest BCUT2D eigenvalue weighted by Crippen LogP contribution is 2.13. The lowest BCUT2D eigenvalue weighted by atomic mass is 10.1. The topological polar surface area (TPSA) is 62.6 Å². The highest BCUT2D eigenvalue weighted by atomic mass is 79.9. The molecule has 1 unspecified atom stereocenters. The Balaban J connectivity index is 1.85. The maximum atomic E-state index is 12.1. The van der Waals surface area contributed by atoms with E-state index < -0.39 is 0 Å². The lowest BCUT2D eigenvalue weighted by molar-refractivity contribution is -0.885. The molecule has 0 saturated carbocycles. The second-order valence-corrected chi connectivity index (χ2v) is 6.56. The summed E-state index contributed by atoms with van der Waals surface area (Å²) in [5.74, 6) is -0.132. The van der Waals surface area contributed by atoms with Crippen LogP contribution < -0.4 is 15.5 Å². The van der Waals surface area contributed by atoms with Gasteiger partial charge in [0.05, 0.1) is 7.05 Å². The van der Waals surface area contributed by atoms with Gasteiger partial charge in [-0.1, -0.05) is 28.1 Å². The SMILES string of the molecule is CNC(=O)c1ccc(C[NH+](C)CC(=O)Nc2ccc(Br)cc2)cc1. The number of nitrogens with one attached hydrogen (secondary N) is 3. The number of quaternary nitrogens is 1. The molecule has 0 aliphatic carbocycles. The molecular formula is C18H21BrN3O2+. The third kappa shape index (κ3) is 5.47. The number of hydrogen-bond acceptors (Lipinski definition) is 2. The zero-order valence-electron chi connectivity index (χ0n) is 13.7. The molecule has 0 aliphatic heterocycles. The van der Waals surface area contributed by atoms with Crippen LogP contribution in [0.2, 0.25) is 0 Å². The molecule has 2 amide bonds. The summed E-state index contributed by atoms with van der Waals surface area (Å²) in [7, 11) is 3.58. The van der Waals surface area contributed by atoms with E-state index in [0.717, 1.165) is 20.6 Å². The van der Waals surface area contributed by atoms with Crippen LogP contribution in [0.5, 0.6) is 0 Å². The highest BCUT2D eigenvalue weighted by Gasteiger charge is 2.11. The van der Waals surface area contributed by atoms with E-state index in [1.54, 1.807) is 19.2 Å². The minimum Gasteiger partial charge on any atom is -0.355 e. The largest absolute Gasteiger partial charge is 0.355 e. The first-order valence-corrected chi connectivity index (χ1v) is 8.45. The molecule has 2 rings (SSSR count).